The summed E-state index contributed by atoms with van der Waals surface area (Å²) in [6.45, 7) is 6.32. The summed E-state index contributed by atoms with van der Waals surface area (Å²) in [7, 11) is 1.76. The number of nitrogens with one attached hydrogen (secondary N) is 1. The van der Waals surface area contributed by atoms with E-state index in [2.05, 4.69) is 26.1 Å². The highest BCUT2D eigenvalue weighted by Gasteiger charge is 2.47. The molecule has 158 valence electrons. The van der Waals surface area contributed by atoms with E-state index >= 15 is 0 Å². The third-order valence-electron chi connectivity index (χ3n) is 5.43. The third kappa shape index (κ3) is 3.73. The van der Waals surface area contributed by atoms with Crippen molar-refractivity contribution in [2.24, 2.45) is 5.41 Å². The minimum Gasteiger partial charge on any atom is -0.454 e. The summed E-state index contributed by atoms with van der Waals surface area (Å²) < 4.78 is 16.8. The van der Waals surface area contributed by atoms with Crippen LogP contribution >= 0.6 is 0 Å². The lowest BCUT2D eigenvalue weighted by molar-refractivity contribution is -0.131. The highest BCUT2D eigenvalue weighted by molar-refractivity contribution is 5.90. The van der Waals surface area contributed by atoms with Gasteiger partial charge in [-0.2, -0.15) is 0 Å². The van der Waals surface area contributed by atoms with Gasteiger partial charge in [0.15, 0.2) is 17.6 Å². The van der Waals surface area contributed by atoms with Crippen molar-refractivity contribution in [3.63, 3.8) is 0 Å². The molecule has 7 heteroatoms. The maximum Gasteiger partial charge on any atom is 0.338 e. The number of hydrogen-bond acceptors (Lipinski definition) is 6. The average molecular weight is 410 g/mol. The molecule has 0 spiro atoms. The van der Waals surface area contributed by atoms with E-state index in [0.29, 0.717) is 22.6 Å². The zero-order valence-electron chi connectivity index (χ0n) is 17.5. The van der Waals surface area contributed by atoms with Gasteiger partial charge in [0.2, 0.25) is 12.7 Å². The van der Waals surface area contributed by atoms with Gasteiger partial charge in [0.25, 0.3) is 0 Å². The molecule has 7 nitrogen and oxygen atoms in total. The Morgan fingerprint density at radius 1 is 1.13 bits per heavy atom. The van der Waals surface area contributed by atoms with Crippen molar-refractivity contribution in [2.75, 3.05) is 13.8 Å². The molecule has 30 heavy (non-hydrogen) atoms. The summed E-state index contributed by atoms with van der Waals surface area (Å²) in [4.78, 5) is 27.7. The molecule has 2 aromatic rings. The molecule has 1 N–H and O–H groups in total. The van der Waals surface area contributed by atoms with Gasteiger partial charge >= 0.3 is 5.97 Å². The predicted molar refractivity (Wildman–Crippen MR) is 110 cm³/mol. The van der Waals surface area contributed by atoms with Crippen LogP contribution in [0.4, 0.5) is 0 Å². The molecule has 2 aliphatic rings. The first-order valence-electron chi connectivity index (χ1n) is 9.94. The van der Waals surface area contributed by atoms with E-state index < -0.39 is 18.1 Å². The van der Waals surface area contributed by atoms with Crippen LogP contribution in [0.1, 0.15) is 42.8 Å². The lowest BCUT2D eigenvalue weighted by Gasteiger charge is -2.32. The highest BCUT2D eigenvalue weighted by atomic mass is 16.7. The molecule has 0 bridgehead atoms. The van der Waals surface area contributed by atoms with Crippen LogP contribution in [0.3, 0.4) is 0 Å². The smallest absolute Gasteiger partial charge is 0.338 e. The summed E-state index contributed by atoms with van der Waals surface area (Å²) in [5.41, 5.74) is 0.897. The number of hydrogen-bond donors (Lipinski definition) is 1. The zero-order chi connectivity index (χ0) is 21.5. The Hall–Kier alpha value is -3.06. The van der Waals surface area contributed by atoms with Crippen molar-refractivity contribution >= 4 is 11.9 Å². The topological polar surface area (TPSA) is 77.1 Å². The van der Waals surface area contributed by atoms with Gasteiger partial charge < -0.3 is 19.1 Å². The lowest BCUT2D eigenvalue weighted by Crippen LogP contribution is -2.46. The van der Waals surface area contributed by atoms with E-state index in [1.165, 1.54) is 0 Å². The van der Waals surface area contributed by atoms with Crippen LogP contribution in [0.25, 0.3) is 0 Å². The van der Waals surface area contributed by atoms with E-state index in [1.807, 2.05) is 6.07 Å². The molecule has 1 amide bonds. The summed E-state index contributed by atoms with van der Waals surface area (Å²) in [6.07, 6.45) is -1.02. The molecule has 0 aromatic heterocycles. The number of likely N-dealkylation sites (N-methyl/N-ethyl adjacent to an activating group) is 1. The quantitative estimate of drug-likeness (QED) is 0.781. The van der Waals surface area contributed by atoms with Crippen molar-refractivity contribution < 1.29 is 23.8 Å². The van der Waals surface area contributed by atoms with Gasteiger partial charge in [0.1, 0.15) is 6.04 Å². The van der Waals surface area contributed by atoms with E-state index in [1.54, 1.807) is 54.4 Å². The molecule has 0 saturated carbocycles. The third-order valence-corrected chi connectivity index (χ3v) is 5.43. The van der Waals surface area contributed by atoms with Crippen LogP contribution in [-0.4, -0.2) is 42.8 Å². The van der Waals surface area contributed by atoms with Crippen LogP contribution in [-0.2, 0) is 9.53 Å². The first-order chi connectivity index (χ1) is 14.3. The molecule has 2 heterocycles. The molecule has 1 fully saturated rings. The van der Waals surface area contributed by atoms with Gasteiger partial charge in [-0.15, -0.1) is 0 Å². The summed E-state index contributed by atoms with van der Waals surface area (Å²) in [6, 6.07) is 13.4. The molecule has 0 aliphatic carbocycles. The number of fused-ring (bicyclic) bond motifs is 1. The molecule has 1 saturated heterocycles. The lowest BCUT2D eigenvalue weighted by atomic mass is 9.92. The molecular weight excluding hydrogens is 384 g/mol. The van der Waals surface area contributed by atoms with Crippen LogP contribution in [0.2, 0.25) is 0 Å². The standard InChI is InChI=1S/C23H26N2O5/c1-23(2,3)22-24-18(20(26)25(22)4)19(30-21(27)14-8-6-5-7-9-14)15-10-11-16-17(12-15)29-13-28-16/h5-12,18-19,22,24H,13H2,1-4H3. The Kier molecular flexibility index (Phi) is 5.15. The fourth-order valence-electron chi connectivity index (χ4n) is 3.92. The van der Waals surface area contributed by atoms with Gasteiger partial charge in [0, 0.05) is 7.05 Å². The molecular formula is C23H26N2O5. The summed E-state index contributed by atoms with van der Waals surface area (Å²) >= 11 is 0. The number of amides is 1. The van der Waals surface area contributed by atoms with E-state index in [4.69, 9.17) is 14.2 Å². The first kappa shape index (κ1) is 20.2. The Bertz CT molecular complexity index is 954. The molecule has 2 aliphatic heterocycles. The van der Waals surface area contributed by atoms with Crippen molar-refractivity contribution in [3.05, 3.63) is 59.7 Å². The van der Waals surface area contributed by atoms with E-state index in [0.717, 1.165) is 0 Å². The van der Waals surface area contributed by atoms with Crippen LogP contribution < -0.4 is 14.8 Å². The van der Waals surface area contributed by atoms with Crippen LogP contribution in [0.15, 0.2) is 48.5 Å². The number of esters is 1. The number of nitrogens with zero attached hydrogens (tertiary/aromatic N) is 1. The largest absolute Gasteiger partial charge is 0.454 e. The van der Waals surface area contributed by atoms with Gasteiger partial charge in [-0.3, -0.25) is 10.1 Å². The van der Waals surface area contributed by atoms with Crippen molar-refractivity contribution in [1.29, 1.82) is 0 Å². The molecule has 3 unspecified atom stereocenters. The Morgan fingerprint density at radius 3 is 2.50 bits per heavy atom. The predicted octanol–water partition coefficient (Wildman–Crippen LogP) is 3.12. The van der Waals surface area contributed by atoms with E-state index in [9.17, 15) is 9.59 Å². The summed E-state index contributed by atoms with van der Waals surface area (Å²) in [5, 5.41) is 3.38. The SMILES string of the molecule is CN1C(=O)C(C(OC(=O)c2ccccc2)c2ccc3c(c2)OCO3)NC1C(C)(C)C. The monoisotopic (exact) mass is 410 g/mol. The molecule has 3 atom stereocenters. The fourth-order valence-corrected chi connectivity index (χ4v) is 3.92. The second-order valence-corrected chi connectivity index (χ2v) is 8.67. The second-order valence-electron chi connectivity index (χ2n) is 8.67. The van der Waals surface area contributed by atoms with Gasteiger partial charge in [0.05, 0.1) is 11.7 Å². The minimum absolute atomic E-state index is 0.126. The Morgan fingerprint density at radius 2 is 1.83 bits per heavy atom. The average Bonchev–Trinajstić information content (AvgIpc) is 3.31. The number of benzene rings is 2. The van der Waals surface area contributed by atoms with Crippen molar-refractivity contribution in [3.8, 4) is 11.5 Å². The highest BCUT2D eigenvalue weighted by Crippen LogP contribution is 2.38. The number of carbonyl (C=O) groups is 2. The molecule has 0 radical (unpaired) electrons. The van der Waals surface area contributed by atoms with Gasteiger partial charge in [-0.1, -0.05) is 45.0 Å². The second kappa shape index (κ2) is 7.65. The fraction of sp³-hybridized carbons (Fsp3) is 0.391. The first-order valence-corrected chi connectivity index (χ1v) is 9.94. The zero-order valence-corrected chi connectivity index (χ0v) is 17.5. The maximum absolute atomic E-state index is 13.1. The van der Waals surface area contributed by atoms with Gasteiger partial charge in [-0.25, -0.2) is 4.79 Å². The maximum atomic E-state index is 13.1. The summed E-state index contributed by atoms with van der Waals surface area (Å²) in [5.74, 6) is 0.579. The Labute approximate surface area is 175 Å². The van der Waals surface area contributed by atoms with E-state index in [-0.39, 0.29) is 24.3 Å². The van der Waals surface area contributed by atoms with Gasteiger partial charge in [-0.05, 0) is 35.2 Å². The molecule has 2 aromatic carbocycles. The number of carbonyl (C=O) groups excluding carboxylic acids is 2. The van der Waals surface area contributed by atoms with Crippen molar-refractivity contribution in [2.45, 2.75) is 39.1 Å². The van der Waals surface area contributed by atoms with Crippen LogP contribution in [0, 0.1) is 5.41 Å². The normalized spacial score (nSPS) is 21.6. The van der Waals surface area contributed by atoms with Crippen molar-refractivity contribution in [1.82, 2.24) is 10.2 Å². The minimum atomic E-state index is -0.825. The molecule has 4 rings (SSSR count). The van der Waals surface area contributed by atoms with Crippen LogP contribution in [0.5, 0.6) is 11.5 Å². The number of rotatable bonds is 4. The Balaban J connectivity index is 1.69. The number of ether oxygens (including phenoxy) is 3.